The number of thiophene rings is 1. The smallest absolute Gasteiger partial charge is 0.164 e. The molecule has 12 aromatic rings. The third-order valence-electron chi connectivity index (χ3n) is 11.1. The van der Waals surface area contributed by atoms with Crippen molar-refractivity contribution in [3.8, 4) is 62.5 Å². The minimum Gasteiger partial charge on any atom is -0.309 e. The number of benzene rings is 7. The number of nitrogens with zero attached hydrogens (tertiary/aromatic N) is 7. The normalized spacial score (nSPS) is 11.7. The van der Waals surface area contributed by atoms with E-state index < -0.39 is 0 Å². The Morgan fingerprint density at radius 3 is 1.57 bits per heavy atom. The van der Waals surface area contributed by atoms with Gasteiger partial charge >= 0.3 is 0 Å². The fourth-order valence-corrected chi connectivity index (χ4v) is 9.31. The SMILES string of the molecule is c1ccc(-c2nc(-c3ccc(-c4nc(-c5ccc6ccccc6c5)c5sc6ncccc6c5n4)cc3)nc(-c3ccc(-n4c5ccccc5c5ccccc54)cc3)n2)cc1. The van der Waals surface area contributed by atoms with Crippen LogP contribution in [0.4, 0.5) is 0 Å². The predicted molar refractivity (Wildman–Crippen MR) is 245 cm³/mol. The summed E-state index contributed by atoms with van der Waals surface area (Å²) in [6.45, 7) is 0. The molecule has 60 heavy (non-hydrogen) atoms. The molecular formula is C52H31N7S. The maximum Gasteiger partial charge on any atom is 0.164 e. The van der Waals surface area contributed by atoms with E-state index in [1.807, 2.05) is 54.7 Å². The zero-order chi connectivity index (χ0) is 39.6. The van der Waals surface area contributed by atoms with Gasteiger partial charge in [-0.25, -0.2) is 29.9 Å². The van der Waals surface area contributed by atoms with E-state index in [4.69, 9.17) is 24.9 Å². The van der Waals surface area contributed by atoms with Crippen LogP contribution >= 0.6 is 11.3 Å². The first kappa shape index (κ1) is 34.1. The third-order valence-corrected chi connectivity index (χ3v) is 12.3. The monoisotopic (exact) mass is 785 g/mol. The summed E-state index contributed by atoms with van der Waals surface area (Å²) in [5.74, 6) is 2.44. The molecule has 0 radical (unpaired) electrons. The van der Waals surface area contributed by atoms with Gasteiger partial charge in [-0.3, -0.25) is 0 Å². The summed E-state index contributed by atoms with van der Waals surface area (Å²) >= 11 is 1.63. The Hall–Kier alpha value is -7.94. The summed E-state index contributed by atoms with van der Waals surface area (Å²) in [5, 5.41) is 5.83. The van der Waals surface area contributed by atoms with Crippen molar-refractivity contribution in [2.24, 2.45) is 0 Å². The number of fused-ring (bicyclic) bond motifs is 7. The Balaban J connectivity index is 0.950. The molecule has 280 valence electrons. The predicted octanol–water partition coefficient (Wildman–Crippen LogP) is 13.0. The highest BCUT2D eigenvalue weighted by atomic mass is 32.1. The zero-order valence-electron chi connectivity index (χ0n) is 31.9. The molecule has 12 rings (SSSR count). The molecule has 0 spiro atoms. The van der Waals surface area contributed by atoms with Gasteiger partial charge in [-0.1, -0.05) is 127 Å². The van der Waals surface area contributed by atoms with E-state index in [-0.39, 0.29) is 0 Å². The summed E-state index contributed by atoms with van der Waals surface area (Å²) in [5.41, 5.74) is 9.82. The quantitative estimate of drug-likeness (QED) is 0.167. The standard InChI is InChI=1S/C52H31N7S/c1-2-12-33(13-3-1)49-56-50(58-51(57-49)36-26-28-39(29-27-36)59-43-18-8-6-15-40(43)41-16-7-9-19-44(41)59)35-23-21-34(22-24-35)48-54-45(38-25-20-32-11-4-5-14-37(32)31-38)47-46(55-48)42-17-10-30-53-52(42)60-47/h1-31H. The summed E-state index contributed by atoms with van der Waals surface area (Å²) < 4.78 is 3.34. The molecule has 0 bridgehead atoms. The second kappa shape index (κ2) is 13.9. The van der Waals surface area contributed by atoms with Crippen molar-refractivity contribution in [2.75, 3.05) is 0 Å². The summed E-state index contributed by atoms with van der Waals surface area (Å²) in [4.78, 5) is 31.1. The van der Waals surface area contributed by atoms with Gasteiger partial charge in [0.25, 0.3) is 0 Å². The van der Waals surface area contributed by atoms with Crippen LogP contribution in [-0.2, 0) is 0 Å². The second-order valence-corrected chi connectivity index (χ2v) is 15.8. The fourth-order valence-electron chi connectivity index (χ4n) is 8.22. The summed E-state index contributed by atoms with van der Waals surface area (Å²) in [6.07, 6.45) is 1.83. The van der Waals surface area contributed by atoms with Gasteiger partial charge < -0.3 is 4.57 Å². The van der Waals surface area contributed by atoms with Crippen LogP contribution in [0.15, 0.2) is 188 Å². The molecule has 0 fully saturated rings. The molecule has 0 saturated heterocycles. The number of hydrogen-bond acceptors (Lipinski definition) is 7. The number of pyridine rings is 1. The lowest BCUT2D eigenvalue weighted by atomic mass is 10.0. The maximum atomic E-state index is 5.24. The van der Waals surface area contributed by atoms with Crippen molar-refractivity contribution in [1.82, 2.24) is 34.5 Å². The Bertz CT molecular complexity index is 3540. The van der Waals surface area contributed by atoms with Crippen molar-refractivity contribution < 1.29 is 0 Å². The largest absolute Gasteiger partial charge is 0.309 e. The van der Waals surface area contributed by atoms with E-state index in [1.54, 1.807) is 11.3 Å². The molecule has 8 heteroatoms. The highest BCUT2D eigenvalue weighted by Crippen LogP contribution is 2.40. The van der Waals surface area contributed by atoms with Crippen LogP contribution in [0.25, 0.3) is 116 Å². The molecule has 7 nitrogen and oxygen atoms in total. The van der Waals surface area contributed by atoms with E-state index >= 15 is 0 Å². The third kappa shape index (κ3) is 5.73. The van der Waals surface area contributed by atoms with Gasteiger partial charge in [0.05, 0.1) is 26.9 Å². The second-order valence-electron chi connectivity index (χ2n) is 14.8. The summed E-state index contributed by atoms with van der Waals surface area (Å²) in [6, 6.07) is 62.8. The molecule has 0 unspecified atom stereocenters. The number of rotatable bonds is 6. The van der Waals surface area contributed by atoms with Crippen LogP contribution in [0, 0.1) is 0 Å². The molecule has 7 aromatic carbocycles. The average Bonchev–Trinajstić information content (AvgIpc) is 3.87. The zero-order valence-corrected chi connectivity index (χ0v) is 32.8. The van der Waals surface area contributed by atoms with Gasteiger partial charge in [0, 0.05) is 55.9 Å². The lowest BCUT2D eigenvalue weighted by Gasteiger charge is -2.11. The molecular weight excluding hydrogens is 755 g/mol. The highest BCUT2D eigenvalue weighted by Gasteiger charge is 2.19. The summed E-state index contributed by atoms with van der Waals surface area (Å²) in [7, 11) is 0. The van der Waals surface area contributed by atoms with Crippen molar-refractivity contribution in [3.05, 3.63) is 188 Å². The van der Waals surface area contributed by atoms with Crippen molar-refractivity contribution in [2.45, 2.75) is 0 Å². The van der Waals surface area contributed by atoms with Gasteiger partial charge in [0.15, 0.2) is 23.3 Å². The first-order valence-corrected chi connectivity index (χ1v) is 20.6. The number of hydrogen-bond donors (Lipinski definition) is 0. The molecule has 0 N–H and O–H groups in total. The molecule has 5 aromatic heterocycles. The van der Waals surface area contributed by atoms with Crippen LogP contribution in [0.1, 0.15) is 0 Å². The van der Waals surface area contributed by atoms with E-state index in [2.05, 4.69) is 143 Å². The van der Waals surface area contributed by atoms with Gasteiger partial charge in [0.2, 0.25) is 0 Å². The van der Waals surface area contributed by atoms with Gasteiger partial charge in [0.1, 0.15) is 4.83 Å². The Labute approximate surface area is 348 Å². The van der Waals surface area contributed by atoms with E-state index in [0.29, 0.717) is 23.3 Å². The topological polar surface area (TPSA) is 82.3 Å². The van der Waals surface area contributed by atoms with E-state index in [1.165, 1.54) is 27.2 Å². The molecule has 5 heterocycles. The number of aromatic nitrogens is 7. The minimum atomic E-state index is 0.583. The van der Waals surface area contributed by atoms with Crippen LogP contribution < -0.4 is 0 Å². The molecule has 0 atom stereocenters. The van der Waals surface area contributed by atoms with Gasteiger partial charge in [-0.15, -0.1) is 11.3 Å². The van der Waals surface area contributed by atoms with Gasteiger partial charge in [-0.05, 0) is 65.4 Å². The minimum absolute atomic E-state index is 0.583. The van der Waals surface area contributed by atoms with Crippen molar-refractivity contribution in [1.29, 1.82) is 0 Å². The lowest BCUT2D eigenvalue weighted by Crippen LogP contribution is -2.01. The van der Waals surface area contributed by atoms with Crippen LogP contribution in [0.3, 0.4) is 0 Å². The molecule has 0 aliphatic rings. The van der Waals surface area contributed by atoms with Crippen molar-refractivity contribution in [3.63, 3.8) is 0 Å². The van der Waals surface area contributed by atoms with Crippen LogP contribution in [0.5, 0.6) is 0 Å². The van der Waals surface area contributed by atoms with Gasteiger partial charge in [-0.2, -0.15) is 0 Å². The van der Waals surface area contributed by atoms with E-state index in [0.717, 1.165) is 65.0 Å². The first-order chi connectivity index (χ1) is 29.7. The lowest BCUT2D eigenvalue weighted by molar-refractivity contribution is 1.07. The van der Waals surface area contributed by atoms with Crippen molar-refractivity contribution >= 4 is 64.3 Å². The Kier molecular flexibility index (Phi) is 7.89. The molecule has 0 saturated carbocycles. The van der Waals surface area contributed by atoms with Crippen LogP contribution in [-0.4, -0.2) is 34.5 Å². The Morgan fingerprint density at radius 1 is 0.383 bits per heavy atom. The molecule has 0 amide bonds. The number of para-hydroxylation sites is 2. The molecule has 0 aliphatic heterocycles. The average molecular weight is 786 g/mol. The first-order valence-electron chi connectivity index (χ1n) is 19.8. The fraction of sp³-hybridized carbons (Fsp3) is 0. The maximum absolute atomic E-state index is 5.24. The Morgan fingerprint density at radius 2 is 0.900 bits per heavy atom. The highest BCUT2D eigenvalue weighted by molar-refractivity contribution is 7.25. The molecule has 0 aliphatic carbocycles. The van der Waals surface area contributed by atoms with E-state index in [9.17, 15) is 0 Å². The van der Waals surface area contributed by atoms with Crippen LogP contribution in [0.2, 0.25) is 0 Å².